The van der Waals surface area contributed by atoms with E-state index >= 15 is 0 Å². The van der Waals surface area contributed by atoms with Crippen LogP contribution in [0.4, 0.5) is 11.4 Å². The monoisotopic (exact) mass is 480 g/mol. The van der Waals surface area contributed by atoms with E-state index in [-0.39, 0.29) is 11.8 Å². The fraction of sp³-hybridized carbons (Fsp3) is 0.172. The van der Waals surface area contributed by atoms with Crippen LogP contribution in [0.1, 0.15) is 11.6 Å². The third-order valence-corrected chi connectivity index (χ3v) is 6.91. The van der Waals surface area contributed by atoms with Crippen molar-refractivity contribution in [3.63, 3.8) is 0 Å². The molecule has 0 radical (unpaired) electrons. The van der Waals surface area contributed by atoms with Crippen molar-refractivity contribution in [1.82, 2.24) is 0 Å². The Morgan fingerprint density at radius 2 is 1.36 bits per heavy atom. The Labute approximate surface area is 208 Å². The highest BCUT2D eigenvalue weighted by molar-refractivity contribution is 6.26. The summed E-state index contributed by atoms with van der Waals surface area (Å²) in [5, 5.41) is 3.47. The number of amides is 2. The fourth-order valence-corrected chi connectivity index (χ4v) is 5.15. The number of rotatable bonds is 5. The molecule has 0 aliphatic carbocycles. The summed E-state index contributed by atoms with van der Waals surface area (Å²) in [5.41, 5.74) is 2.15. The minimum absolute atomic E-state index is 0.279. The summed E-state index contributed by atoms with van der Waals surface area (Å²) in [7, 11) is 3.21. The maximum Gasteiger partial charge on any atom is 0.266 e. The SMILES string of the molecule is COc1ccc([C@@H]2[C@H]3C(=O)N(c4cccc5ccccc45)C(=O)[C@@H]3ON2c2ccc(OC)cc2)cc1. The lowest BCUT2D eigenvalue weighted by Gasteiger charge is -2.29. The van der Waals surface area contributed by atoms with Crippen molar-refractivity contribution < 1.29 is 23.9 Å². The van der Waals surface area contributed by atoms with Crippen molar-refractivity contribution in [2.45, 2.75) is 12.1 Å². The molecule has 180 valence electrons. The van der Waals surface area contributed by atoms with E-state index in [1.165, 1.54) is 4.90 Å². The van der Waals surface area contributed by atoms with Crippen LogP contribution in [-0.2, 0) is 14.4 Å². The maximum atomic E-state index is 14.0. The normalized spacial score (nSPS) is 21.2. The Kier molecular flexibility index (Phi) is 5.34. The molecule has 0 spiro atoms. The van der Waals surface area contributed by atoms with Crippen molar-refractivity contribution in [1.29, 1.82) is 0 Å². The molecule has 4 aromatic carbocycles. The first kappa shape index (κ1) is 22.1. The lowest BCUT2D eigenvalue weighted by Crippen LogP contribution is -2.37. The first-order valence-electron chi connectivity index (χ1n) is 11.7. The van der Waals surface area contributed by atoms with Gasteiger partial charge in [0.2, 0.25) is 5.91 Å². The number of hydrogen-bond donors (Lipinski definition) is 0. The lowest BCUT2D eigenvalue weighted by molar-refractivity contribution is -0.126. The highest BCUT2D eigenvalue weighted by atomic mass is 16.7. The molecule has 2 fully saturated rings. The smallest absolute Gasteiger partial charge is 0.266 e. The van der Waals surface area contributed by atoms with Gasteiger partial charge in [0.15, 0.2) is 6.10 Å². The second-order valence-electron chi connectivity index (χ2n) is 8.80. The predicted molar refractivity (Wildman–Crippen MR) is 136 cm³/mol. The topological polar surface area (TPSA) is 68.3 Å². The van der Waals surface area contributed by atoms with Crippen molar-refractivity contribution >= 4 is 34.0 Å². The number of anilines is 2. The molecule has 0 bridgehead atoms. The first-order valence-corrected chi connectivity index (χ1v) is 11.7. The Bertz CT molecular complexity index is 1450. The Morgan fingerprint density at radius 1 is 0.722 bits per heavy atom. The maximum absolute atomic E-state index is 14.0. The number of benzene rings is 4. The van der Waals surface area contributed by atoms with Gasteiger partial charge < -0.3 is 9.47 Å². The molecule has 4 aromatic rings. The van der Waals surface area contributed by atoms with E-state index in [2.05, 4.69) is 0 Å². The van der Waals surface area contributed by atoms with Gasteiger partial charge in [-0.05, 0) is 53.4 Å². The van der Waals surface area contributed by atoms with E-state index in [0.29, 0.717) is 17.2 Å². The molecule has 0 saturated carbocycles. The van der Waals surface area contributed by atoms with Gasteiger partial charge in [0.05, 0.1) is 31.6 Å². The van der Waals surface area contributed by atoms with Crippen LogP contribution in [0.3, 0.4) is 0 Å². The van der Waals surface area contributed by atoms with Crippen molar-refractivity contribution in [2.75, 3.05) is 24.2 Å². The number of carbonyl (C=O) groups excluding carboxylic acids is 2. The molecule has 2 amide bonds. The van der Waals surface area contributed by atoms with E-state index in [1.807, 2.05) is 91.0 Å². The van der Waals surface area contributed by atoms with Crippen molar-refractivity contribution in [2.24, 2.45) is 5.92 Å². The summed E-state index contributed by atoms with van der Waals surface area (Å²) in [4.78, 5) is 35.2. The number of hydroxylamine groups is 1. The van der Waals surface area contributed by atoms with E-state index in [4.69, 9.17) is 14.3 Å². The van der Waals surface area contributed by atoms with Gasteiger partial charge in [0.1, 0.15) is 17.4 Å². The first-order chi connectivity index (χ1) is 17.6. The van der Waals surface area contributed by atoms with Crippen molar-refractivity contribution in [3.05, 3.63) is 96.6 Å². The minimum Gasteiger partial charge on any atom is -0.497 e. The molecule has 0 N–H and O–H groups in total. The molecule has 2 heterocycles. The molecule has 36 heavy (non-hydrogen) atoms. The average molecular weight is 481 g/mol. The zero-order chi connectivity index (χ0) is 24.8. The highest BCUT2D eigenvalue weighted by Gasteiger charge is 2.60. The lowest BCUT2D eigenvalue weighted by atomic mass is 9.90. The molecular weight excluding hydrogens is 456 g/mol. The molecule has 2 saturated heterocycles. The predicted octanol–water partition coefficient (Wildman–Crippen LogP) is 4.91. The number of methoxy groups -OCH3 is 2. The molecule has 7 heteroatoms. The van der Waals surface area contributed by atoms with Crippen LogP contribution in [-0.4, -0.2) is 32.1 Å². The minimum atomic E-state index is -0.939. The molecule has 0 unspecified atom stereocenters. The Morgan fingerprint density at radius 3 is 2.06 bits per heavy atom. The number of ether oxygens (including phenoxy) is 2. The third kappa shape index (κ3) is 3.39. The second-order valence-corrected chi connectivity index (χ2v) is 8.80. The zero-order valence-electron chi connectivity index (χ0n) is 19.8. The molecule has 6 rings (SSSR count). The van der Waals surface area contributed by atoms with E-state index in [0.717, 1.165) is 22.0 Å². The molecular formula is C29H24N2O5. The summed E-state index contributed by atoms with van der Waals surface area (Å²) in [5.74, 6) is 0.0471. The Hall–Kier alpha value is -4.36. The van der Waals surface area contributed by atoms with Crippen LogP contribution >= 0.6 is 0 Å². The van der Waals surface area contributed by atoms with Crippen LogP contribution in [0, 0.1) is 5.92 Å². The molecule has 7 nitrogen and oxygen atoms in total. The van der Waals surface area contributed by atoms with Gasteiger partial charge in [-0.1, -0.05) is 48.5 Å². The summed E-state index contributed by atoms with van der Waals surface area (Å²) < 4.78 is 10.6. The molecule has 3 atom stereocenters. The number of nitrogens with zero attached hydrogens (tertiary/aromatic N) is 2. The van der Waals surface area contributed by atoms with E-state index < -0.39 is 18.1 Å². The van der Waals surface area contributed by atoms with E-state index in [1.54, 1.807) is 19.3 Å². The highest BCUT2D eigenvalue weighted by Crippen LogP contribution is 2.48. The molecule has 0 aromatic heterocycles. The van der Waals surface area contributed by atoms with Crippen LogP contribution < -0.4 is 19.4 Å². The fourth-order valence-electron chi connectivity index (χ4n) is 5.15. The molecule has 2 aliphatic heterocycles. The van der Waals surface area contributed by atoms with Crippen LogP contribution in [0.2, 0.25) is 0 Å². The average Bonchev–Trinajstić information content (AvgIpc) is 3.44. The van der Waals surface area contributed by atoms with Crippen LogP contribution in [0.15, 0.2) is 91.0 Å². The summed E-state index contributed by atoms with van der Waals surface area (Å²) in [6, 6.07) is 27.7. The zero-order valence-corrected chi connectivity index (χ0v) is 19.8. The Balaban J connectivity index is 1.44. The third-order valence-electron chi connectivity index (χ3n) is 6.91. The quantitative estimate of drug-likeness (QED) is 0.378. The van der Waals surface area contributed by atoms with Gasteiger partial charge in [-0.3, -0.25) is 14.4 Å². The summed E-state index contributed by atoms with van der Waals surface area (Å²) >= 11 is 0. The van der Waals surface area contributed by atoms with Gasteiger partial charge in [0, 0.05) is 5.39 Å². The van der Waals surface area contributed by atoms with Gasteiger partial charge in [-0.25, -0.2) is 9.96 Å². The van der Waals surface area contributed by atoms with E-state index in [9.17, 15) is 9.59 Å². The summed E-state index contributed by atoms with van der Waals surface area (Å²) in [6.45, 7) is 0. The number of carbonyl (C=O) groups is 2. The van der Waals surface area contributed by atoms with Gasteiger partial charge >= 0.3 is 0 Å². The number of hydrogen-bond acceptors (Lipinski definition) is 6. The van der Waals surface area contributed by atoms with Gasteiger partial charge in [-0.15, -0.1) is 0 Å². The van der Waals surface area contributed by atoms with Crippen LogP contribution in [0.25, 0.3) is 10.8 Å². The number of fused-ring (bicyclic) bond motifs is 2. The van der Waals surface area contributed by atoms with Crippen LogP contribution in [0.5, 0.6) is 11.5 Å². The standard InChI is InChI=1S/C29H24N2O5/c1-34-21-14-10-19(11-15-21)26-25-27(36-31(26)20-12-16-22(35-2)17-13-20)29(33)30(28(25)32)24-9-5-7-18-6-3-4-8-23(18)24/h3-17,25-27H,1-2H3/t25-,26-,27-/m1/s1. The largest absolute Gasteiger partial charge is 0.497 e. The molecule has 2 aliphatic rings. The van der Waals surface area contributed by atoms with Gasteiger partial charge in [0.25, 0.3) is 5.91 Å². The van der Waals surface area contributed by atoms with Crippen molar-refractivity contribution in [3.8, 4) is 11.5 Å². The van der Waals surface area contributed by atoms with Gasteiger partial charge in [-0.2, -0.15) is 0 Å². The number of imide groups is 1. The second kappa shape index (κ2) is 8.70. The summed E-state index contributed by atoms with van der Waals surface area (Å²) in [6.07, 6.45) is -0.939.